The van der Waals surface area contributed by atoms with Gasteiger partial charge in [-0.05, 0) is 42.1 Å². The molecule has 2 aromatic carbocycles. The van der Waals surface area contributed by atoms with Crippen molar-refractivity contribution in [1.82, 2.24) is 5.32 Å². The van der Waals surface area contributed by atoms with Crippen LogP contribution >= 0.6 is 0 Å². The predicted octanol–water partition coefficient (Wildman–Crippen LogP) is 3.28. The van der Waals surface area contributed by atoms with Crippen LogP contribution < -0.4 is 10.2 Å². The summed E-state index contributed by atoms with van der Waals surface area (Å²) in [7, 11) is 0. The van der Waals surface area contributed by atoms with Crippen molar-refractivity contribution in [3.8, 4) is 0 Å². The second-order valence-corrected chi connectivity index (χ2v) is 5.75. The fourth-order valence-corrected chi connectivity index (χ4v) is 3.65. The highest BCUT2D eigenvalue weighted by Crippen LogP contribution is 2.38. The number of hydrogen-bond acceptors (Lipinski definition) is 2. The van der Waals surface area contributed by atoms with Crippen LogP contribution in [0.5, 0.6) is 0 Å². The van der Waals surface area contributed by atoms with E-state index in [1.165, 1.54) is 35.2 Å². The van der Waals surface area contributed by atoms with Crippen molar-refractivity contribution < 1.29 is 0 Å². The van der Waals surface area contributed by atoms with Gasteiger partial charge in [-0.1, -0.05) is 42.5 Å². The highest BCUT2D eigenvalue weighted by Gasteiger charge is 2.28. The molecule has 102 valence electrons. The first-order valence-electron chi connectivity index (χ1n) is 7.56. The van der Waals surface area contributed by atoms with Crippen LogP contribution in [-0.4, -0.2) is 13.1 Å². The molecule has 2 nitrogen and oxygen atoms in total. The van der Waals surface area contributed by atoms with Crippen LogP contribution in [0.3, 0.4) is 0 Å². The van der Waals surface area contributed by atoms with Gasteiger partial charge in [0.25, 0.3) is 0 Å². The molecule has 0 aliphatic carbocycles. The summed E-state index contributed by atoms with van der Waals surface area (Å²) < 4.78 is 0. The lowest BCUT2D eigenvalue weighted by molar-refractivity contribution is 0.574. The van der Waals surface area contributed by atoms with E-state index in [1.54, 1.807) is 0 Å². The van der Waals surface area contributed by atoms with Crippen molar-refractivity contribution in [1.29, 1.82) is 0 Å². The van der Waals surface area contributed by atoms with Crippen LogP contribution in [0.1, 0.15) is 29.2 Å². The van der Waals surface area contributed by atoms with Gasteiger partial charge in [-0.15, -0.1) is 0 Å². The standard InChI is InChI=1S/C18H20N2/c1-3-7-16-15(6-1)13-19-11-9-18(16)20-12-10-14-5-2-4-8-17(14)20/h1-8,18-19H,9-13H2. The summed E-state index contributed by atoms with van der Waals surface area (Å²) in [5.41, 5.74) is 5.91. The Kier molecular flexibility index (Phi) is 2.96. The van der Waals surface area contributed by atoms with Crippen molar-refractivity contribution in [2.24, 2.45) is 0 Å². The largest absolute Gasteiger partial charge is 0.364 e. The SMILES string of the molecule is c1ccc2c(c1)CNCCC2N1CCc2ccccc21. The normalized spacial score (nSPS) is 21.2. The number of rotatable bonds is 1. The summed E-state index contributed by atoms with van der Waals surface area (Å²) in [6, 6.07) is 18.3. The predicted molar refractivity (Wildman–Crippen MR) is 83.0 cm³/mol. The van der Waals surface area contributed by atoms with E-state index in [0.717, 1.165) is 19.6 Å². The number of fused-ring (bicyclic) bond motifs is 2. The van der Waals surface area contributed by atoms with E-state index in [-0.39, 0.29) is 0 Å². The van der Waals surface area contributed by atoms with E-state index in [4.69, 9.17) is 0 Å². The molecule has 0 spiro atoms. The third-order valence-electron chi connectivity index (χ3n) is 4.62. The molecule has 2 aliphatic heterocycles. The first-order valence-corrected chi connectivity index (χ1v) is 7.56. The molecule has 20 heavy (non-hydrogen) atoms. The van der Waals surface area contributed by atoms with Crippen LogP contribution in [0.15, 0.2) is 48.5 Å². The Balaban J connectivity index is 1.76. The third-order valence-corrected chi connectivity index (χ3v) is 4.62. The zero-order valence-electron chi connectivity index (χ0n) is 11.7. The van der Waals surface area contributed by atoms with Gasteiger partial charge in [0.05, 0.1) is 6.04 Å². The lowest BCUT2D eigenvalue weighted by Gasteiger charge is -2.31. The molecule has 0 saturated heterocycles. The lowest BCUT2D eigenvalue weighted by Crippen LogP contribution is -2.28. The molecule has 2 aliphatic rings. The Morgan fingerprint density at radius 1 is 0.950 bits per heavy atom. The van der Waals surface area contributed by atoms with Gasteiger partial charge in [-0.2, -0.15) is 0 Å². The lowest BCUT2D eigenvalue weighted by atomic mass is 9.98. The molecule has 1 unspecified atom stereocenters. The van der Waals surface area contributed by atoms with E-state index >= 15 is 0 Å². The van der Waals surface area contributed by atoms with Crippen LogP contribution in [0, 0.1) is 0 Å². The summed E-state index contributed by atoms with van der Waals surface area (Å²) in [6.07, 6.45) is 2.37. The van der Waals surface area contributed by atoms with Gasteiger partial charge in [-0.3, -0.25) is 0 Å². The highest BCUT2D eigenvalue weighted by molar-refractivity contribution is 5.60. The highest BCUT2D eigenvalue weighted by atomic mass is 15.2. The number of hydrogen-bond donors (Lipinski definition) is 1. The van der Waals surface area contributed by atoms with E-state index < -0.39 is 0 Å². The zero-order valence-corrected chi connectivity index (χ0v) is 11.7. The van der Waals surface area contributed by atoms with E-state index in [1.807, 2.05) is 0 Å². The molecule has 2 aromatic rings. The molecular formula is C18H20N2. The molecule has 1 atom stereocenters. The van der Waals surface area contributed by atoms with Gasteiger partial charge < -0.3 is 10.2 Å². The summed E-state index contributed by atoms with van der Waals surface area (Å²) in [4.78, 5) is 2.61. The fourth-order valence-electron chi connectivity index (χ4n) is 3.65. The van der Waals surface area contributed by atoms with Crippen molar-refractivity contribution in [3.05, 3.63) is 65.2 Å². The van der Waals surface area contributed by atoms with E-state index in [9.17, 15) is 0 Å². The molecular weight excluding hydrogens is 244 g/mol. The molecule has 0 radical (unpaired) electrons. The average Bonchev–Trinajstić information content (AvgIpc) is 2.81. The molecule has 0 fully saturated rings. The molecule has 0 saturated carbocycles. The first kappa shape index (κ1) is 12.0. The maximum absolute atomic E-state index is 3.55. The van der Waals surface area contributed by atoms with Crippen LogP contribution in [0.4, 0.5) is 5.69 Å². The molecule has 0 bridgehead atoms. The number of benzene rings is 2. The first-order chi connectivity index (χ1) is 9.93. The Morgan fingerprint density at radius 2 is 1.75 bits per heavy atom. The van der Waals surface area contributed by atoms with E-state index in [0.29, 0.717) is 6.04 Å². The number of nitrogens with one attached hydrogen (secondary N) is 1. The van der Waals surface area contributed by atoms with Gasteiger partial charge >= 0.3 is 0 Å². The fraction of sp³-hybridized carbons (Fsp3) is 0.333. The Labute approximate surface area is 120 Å². The van der Waals surface area contributed by atoms with Gasteiger partial charge in [0, 0.05) is 18.8 Å². The van der Waals surface area contributed by atoms with Gasteiger partial charge in [0.2, 0.25) is 0 Å². The second-order valence-electron chi connectivity index (χ2n) is 5.75. The van der Waals surface area contributed by atoms with Gasteiger partial charge in [0.15, 0.2) is 0 Å². The molecule has 2 heterocycles. The van der Waals surface area contributed by atoms with Gasteiger partial charge in [0.1, 0.15) is 0 Å². The monoisotopic (exact) mass is 264 g/mol. The van der Waals surface area contributed by atoms with Crippen LogP contribution in [-0.2, 0) is 13.0 Å². The summed E-state index contributed by atoms with van der Waals surface area (Å²) in [5.74, 6) is 0. The summed E-state index contributed by atoms with van der Waals surface area (Å²) in [6.45, 7) is 3.25. The second kappa shape index (κ2) is 4.95. The van der Waals surface area contributed by atoms with E-state index in [2.05, 4.69) is 58.7 Å². The van der Waals surface area contributed by atoms with Crippen LogP contribution in [0.2, 0.25) is 0 Å². The average molecular weight is 264 g/mol. The molecule has 4 rings (SSSR count). The van der Waals surface area contributed by atoms with Crippen molar-refractivity contribution in [2.45, 2.75) is 25.4 Å². The quantitative estimate of drug-likeness (QED) is 0.850. The Bertz CT molecular complexity index is 620. The zero-order chi connectivity index (χ0) is 13.4. The minimum Gasteiger partial charge on any atom is -0.364 e. The third kappa shape index (κ3) is 1.92. The van der Waals surface area contributed by atoms with Crippen molar-refractivity contribution in [3.63, 3.8) is 0 Å². The topological polar surface area (TPSA) is 15.3 Å². The maximum atomic E-state index is 3.55. The Morgan fingerprint density at radius 3 is 2.70 bits per heavy atom. The smallest absolute Gasteiger partial charge is 0.0557 e. The molecule has 0 aromatic heterocycles. The number of para-hydroxylation sites is 1. The summed E-state index contributed by atoms with van der Waals surface area (Å²) in [5, 5.41) is 3.55. The van der Waals surface area contributed by atoms with Crippen molar-refractivity contribution in [2.75, 3.05) is 18.0 Å². The number of anilines is 1. The maximum Gasteiger partial charge on any atom is 0.0557 e. The number of nitrogens with zero attached hydrogens (tertiary/aromatic N) is 1. The summed E-state index contributed by atoms with van der Waals surface area (Å²) >= 11 is 0. The Hall–Kier alpha value is -1.80. The van der Waals surface area contributed by atoms with Crippen LogP contribution in [0.25, 0.3) is 0 Å². The van der Waals surface area contributed by atoms with Gasteiger partial charge in [-0.25, -0.2) is 0 Å². The molecule has 2 heteroatoms. The molecule has 0 amide bonds. The van der Waals surface area contributed by atoms with Crippen molar-refractivity contribution >= 4 is 5.69 Å². The minimum atomic E-state index is 0.518. The molecule has 1 N–H and O–H groups in total. The minimum absolute atomic E-state index is 0.518.